The lowest BCUT2D eigenvalue weighted by molar-refractivity contribution is -0.134. The number of amides is 2. The molecule has 0 atom stereocenters. The van der Waals surface area contributed by atoms with Crippen molar-refractivity contribution in [3.8, 4) is 0 Å². The lowest BCUT2D eigenvalue weighted by Crippen LogP contribution is -2.51. The third-order valence-electron chi connectivity index (χ3n) is 6.25. The highest BCUT2D eigenvalue weighted by Gasteiger charge is 2.49. The monoisotopic (exact) mass is 417 g/mol. The van der Waals surface area contributed by atoms with Gasteiger partial charge < -0.3 is 10.2 Å². The first-order valence-corrected chi connectivity index (χ1v) is 10.8. The first kappa shape index (κ1) is 21.0. The van der Waals surface area contributed by atoms with E-state index in [0.717, 1.165) is 31.2 Å². The number of Topliss-reactive ketones (excluding diaryl/α,β-unsaturated/α-hetero) is 1. The number of carbonyl (C=O) groups is 3. The van der Waals surface area contributed by atoms with E-state index in [1.54, 1.807) is 29.2 Å². The molecule has 6 heteroatoms. The highest BCUT2D eigenvalue weighted by molar-refractivity contribution is 6.47. The predicted molar refractivity (Wildman–Crippen MR) is 120 cm³/mol. The molecule has 1 heterocycles. The molecule has 0 unspecified atom stereocenters. The first-order chi connectivity index (χ1) is 14.9. The highest BCUT2D eigenvalue weighted by atomic mass is 16.2. The summed E-state index contributed by atoms with van der Waals surface area (Å²) in [6.45, 7) is 3.63. The summed E-state index contributed by atoms with van der Waals surface area (Å²) >= 11 is 0. The van der Waals surface area contributed by atoms with Gasteiger partial charge in [0.25, 0.3) is 5.91 Å². The Kier molecular flexibility index (Phi) is 5.72. The van der Waals surface area contributed by atoms with Crippen LogP contribution in [-0.2, 0) is 9.59 Å². The average Bonchev–Trinajstić information content (AvgIpc) is 3.03. The minimum absolute atomic E-state index is 0.0676. The Labute approximate surface area is 182 Å². The van der Waals surface area contributed by atoms with E-state index in [2.05, 4.69) is 12.2 Å². The number of hydrogen-bond donors (Lipinski definition) is 1. The predicted octanol–water partition coefficient (Wildman–Crippen LogP) is 4.07. The molecule has 1 saturated carbocycles. The van der Waals surface area contributed by atoms with Gasteiger partial charge in [-0.2, -0.15) is 0 Å². The van der Waals surface area contributed by atoms with E-state index in [4.69, 9.17) is 4.99 Å². The summed E-state index contributed by atoms with van der Waals surface area (Å²) in [5.41, 5.74) is 1.62. The van der Waals surface area contributed by atoms with Crippen LogP contribution < -0.4 is 5.32 Å². The van der Waals surface area contributed by atoms with Crippen molar-refractivity contribution in [2.24, 2.45) is 10.9 Å². The second-order valence-electron chi connectivity index (χ2n) is 8.57. The van der Waals surface area contributed by atoms with Gasteiger partial charge in [0.05, 0.1) is 0 Å². The molecule has 0 radical (unpaired) electrons. The molecule has 1 fully saturated rings. The van der Waals surface area contributed by atoms with Crippen LogP contribution in [0.15, 0.2) is 59.6 Å². The molecular weight excluding hydrogens is 390 g/mol. The number of nitrogens with zero attached hydrogens (tertiary/aromatic N) is 2. The van der Waals surface area contributed by atoms with E-state index in [1.807, 2.05) is 30.3 Å². The summed E-state index contributed by atoms with van der Waals surface area (Å²) in [6, 6.07) is 16.3. The quantitative estimate of drug-likeness (QED) is 0.745. The molecule has 1 aliphatic carbocycles. The van der Waals surface area contributed by atoms with Crippen molar-refractivity contribution in [1.82, 2.24) is 4.90 Å². The number of aliphatic imine (C=N–C) groups is 1. The van der Waals surface area contributed by atoms with Gasteiger partial charge in [0.1, 0.15) is 17.9 Å². The van der Waals surface area contributed by atoms with Gasteiger partial charge in [-0.25, -0.2) is 0 Å². The molecule has 6 nitrogen and oxygen atoms in total. The molecule has 4 rings (SSSR count). The van der Waals surface area contributed by atoms with Gasteiger partial charge in [-0.15, -0.1) is 0 Å². The van der Waals surface area contributed by atoms with Crippen molar-refractivity contribution in [2.45, 2.75) is 45.2 Å². The van der Waals surface area contributed by atoms with Gasteiger partial charge >= 0.3 is 0 Å². The largest absolute Gasteiger partial charge is 0.325 e. The lowest BCUT2D eigenvalue weighted by atomic mass is 9.82. The summed E-state index contributed by atoms with van der Waals surface area (Å²) in [6.07, 6.45) is 3.45. The van der Waals surface area contributed by atoms with Crippen LogP contribution in [0.2, 0.25) is 0 Å². The third kappa shape index (κ3) is 4.29. The molecule has 2 aromatic rings. The summed E-state index contributed by atoms with van der Waals surface area (Å²) in [5.74, 6) is 0.0219. The zero-order valence-corrected chi connectivity index (χ0v) is 17.9. The third-order valence-corrected chi connectivity index (χ3v) is 6.25. The van der Waals surface area contributed by atoms with Gasteiger partial charge in [-0.3, -0.25) is 19.4 Å². The summed E-state index contributed by atoms with van der Waals surface area (Å²) in [7, 11) is 0. The molecule has 2 amide bonds. The summed E-state index contributed by atoms with van der Waals surface area (Å²) < 4.78 is 0. The van der Waals surface area contributed by atoms with Crippen LogP contribution in [0.1, 0.15) is 55.5 Å². The number of benzene rings is 2. The Morgan fingerprint density at radius 3 is 2.48 bits per heavy atom. The van der Waals surface area contributed by atoms with E-state index >= 15 is 0 Å². The fourth-order valence-electron chi connectivity index (χ4n) is 4.40. The van der Waals surface area contributed by atoms with Gasteiger partial charge in [-0.1, -0.05) is 49.4 Å². The van der Waals surface area contributed by atoms with E-state index in [1.165, 1.54) is 6.92 Å². The molecule has 1 aliphatic heterocycles. The Bertz CT molecular complexity index is 1040. The molecule has 2 aromatic carbocycles. The zero-order valence-electron chi connectivity index (χ0n) is 17.9. The summed E-state index contributed by atoms with van der Waals surface area (Å²) in [5, 5.41) is 2.83. The lowest BCUT2D eigenvalue weighted by Gasteiger charge is -2.40. The maximum Gasteiger partial charge on any atom is 0.275 e. The maximum absolute atomic E-state index is 13.4. The number of nitrogens with one attached hydrogen (secondary N) is 1. The Hall–Kier alpha value is -3.28. The van der Waals surface area contributed by atoms with Crippen molar-refractivity contribution < 1.29 is 14.4 Å². The first-order valence-electron chi connectivity index (χ1n) is 10.8. The second kappa shape index (κ2) is 8.46. The van der Waals surface area contributed by atoms with Crippen LogP contribution in [0.5, 0.6) is 0 Å². The Morgan fingerprint density at radius 1 is 1.10 bits per heavy atom. The van der Waals surface area contributed by atoms with Crippen LogP contribution >= 0.6 is 0 Å². The van der Waals surface area contributed by atoms with E-state index in [9.17, 15) is 14.4 Å². The normalized spacial score (nSPS) is 23.0. The highest BCUT2D eigenvalue weighted by Crippen LogP contribution is 2.41. The van der Waals surface area contributed by atoms with Crippen LogP contribution in [0.25, 0.3) is 0 Å². The molecule has 0 saturated heterocycles. The fourth-order valence-corrected chi connectivity index (χ4v) is 4.40. The van der Waals surface area contributed by atoms with Crippen LogP contribution in [0.4, 0.5) is 5.69 Å². The molecule has 1 N–H and O–H groups in total. The number of anilines is 1. The summed E-state index contributed by atoms with van der Waals surface area (Å²) in [4.78, 5) is 44.4. The zero-order chi connectivity index (χ0) is 22.0. The number of rotatable bonds is 5. The van der Waals surface area contributed by atoms with Crippen molar-refractivity contribution in [1.29, 1.82) is 0 Å². The molecule has 2 aliphatic rings. The topological polar surface area (TPSA) is 78.8 Å². The van der Waals surface area contributed by atoms with Gasteiger partial charge in [-0.05, 0) is 50.7 Å². The molecule has 160 valence electrons. The number of carbonyl (C=O) groups excluding carboxylic acids is 3. The molecular formula is C25H27N3O3. The Balaban J connectivity index is 1.57. The van der Waals surface area contributed by atoms with Gasteiger partial charge in [0.15, 0.2) is 5.78 Å². The van der Waals surface area contributed by atoms with E-state index < -0.39 is 5.66 Å². The number of ketones is 1. The molecule has 0 bridgehead atoms. The average molecular weight is 418 g/mol. The molecule has 0 aromatic heterocycles. The maximum atomic E-state index is 13.4. The minimum Gasteiger partial charge on any atom is -0.325 e. The smallest absolute Gasteiger partial charge is 0.275 e. The second-order valence-corrected chi connectivity index (χ2v) is 8.57. The van der Waals surface area contributed by atoms with E-state index in [-0.39, 0.29) is 24.1 Å². The van der Waals surface area contributed by atoms with Crippen LogP contribution in [0, 0.1) is 5.92 Å². The molecule has 1 spiro atoms. The standard InChI is InChI=1S/C25H27N3O3/c1-17-11-13-25(14-12-17)27-23(19-7-4-3-5-8-19)24(31)28(25)16-22(30)26-21-10-6-9-20(15-21)18(2)29/h3-10,15,17H,11-14,16H2,1-2H3,(H,26,30). The molecule has 31 heavy (non-hydrogen) atoms. The Morgan fingerprint density at radius 2 is 1.81 bits per heavy atom. The van der Waals surface area contributed by atoms with Crippen molar-refractivity contribution >= 4 is 29.0 Å². The van der Waals surface area contributed by atoms with Crippen molar-refractivity contribution in [2.75, 3.05) is 11.9 Å². The van der Waals surface area contributed by atoms with Crippen LogP contribution in [-0.4, -0.2) is 40.4 Å². The van der Waals surface area contributed by atoms with Crippen molar-refractivity contribution in [3.63, 3.8) is 0 Å². The van der Waals surface area contributed by atoms with Gasteiger partial charge in [0.2, 0.25) is 5.91 Å². The SMILES string of the molecule is CC(=O)c1cccc(NC(=O)CN2C(=O)C(c3ccccc3)=NC23CCC(C)CC3)c1. The number of hydrogen-bond acceptors (Lipinski definition) is 4. The van der Waals surface area contributed by atoms with Crippen molar-refractivity contribution in [3.05, 3.63) is 65.7 Å². The van der Waals surface area contributed by atoms with Gasteiger partial charge in [0, 0.05) is 16.8 Å². The van der Waals surface area contributed by atoms with E-state index in [0.29, 0.717) is 22.9 Å². The van der Waals surface area contributed by atoms with Crippen LogP contribution in [0.3, 0.4) is 0 Å². The fraction of sp³-hybridized carbons (Fsp3) is 0.360. The minimum atomic E-state index is -0.659.